The smallest absolute Gasteiger partial charge is 0.308 e. The average molecular weight is 535 g/mol. The molecule has 2 N–H and O–H groups in total. The van der Waals surface area contributed by atoms with Gasteiger partial charge in [0.15, 0.2) is 6.29 Å². The van der Waals surface area contributed by atoms with E-state index < -0.39 is 30.7 Å². The fourth-order valence-corrected chi connectivity index (χ4v) is 11.1. The number of rotatable bonds is 3. The van der Waals surface area contributed by atoms with Crippen molar-refractivity contribution in [3.05, 3.63) is 0 Å². The molecule has 7 fully saturated rings. The Morgan fingerprint density at radius 3 is 2.53 bits per heavy atom. The predicted octanol–water partition coefficient (Wildman–Crippen LogP) is 3.55. The maximum atomic E-state index is 12.2. The van der Waals surface area contributed by atoms with Gasteiger partial charge in [-0.1, -0.05) is 13.8 Å². The summed E-state index contributed by atoms with van der Waals surface area (Å²) in [6, 6.07) is 0. The van der Waals surface area contributed by atoms with E-state index in [1.54, 1.807) is 6.92 Å². The zero-order valence-corrected chi connectivity index (χ0v) is 23.3. The molecule has 3 aliphatic heterocycles. The molecule has 0 radical (unpaired) electrons. The molecule has 8 heteroatoms. The standard InChI is InChI=1S/C30H46O8/c1-15-23(32)25(34-4)24(33)27(35-15)36-17-7-10-28(2)16(13-17)5-6-21-20(28)8-11-29(3)19-9-12-30(21,29)38-26-18(19)14-22(31)37-26/h15-21,23-27,32-33H,5-14H2,1-4H3/t15?,16?,17?,18?,19?,20?,21?,23?,24?,25?,26?,27-,28?,29?,30?/m0/s1. The van der Waals surface area contributed by atoms with Crippen LogP contribution in [-0.4, -0.2) is 72.0 Å². The van der Waals surface area contributed by atoms with E-state index in [0.717, 1.165) is 44.9 Å². The molecular formula is C30H46O8. The minimum Gasteiger partial charge on any atom is -0.435 e. The minimum absolute atomic E-state index is 0.0247. The summed E-state index contributed by atoms with van der Waals surface area (Å²) in [6.07, 6.45) is 6.35. The number of hydrogen-bond acceptors (Lipinski definition) is 8. The van der Waals surface area contributed by atoms with E-state index in [9.17, 15) is 15.0 Å². The lowest BCUT2D eigenvalue weighted by atomic mass is 9.42. The van der Waals surface area contributed by atoms with Gasteiger partial charge in [0.05, 0.1) is 24.2 Å². The number of aliphatic hydroxyl groups is 2. The van der Waals surface area contributed by atoms with Gasteiger partial charge in [0.25, 0.3) is 0 Å². The number of esters is 1. The quantitative estimate of drug-likeness (QED) is 0.419. The molecular weight excluding hydrogens is 488 g/mol. The van der Waals surface area contributed by atoms with E-state index in [4.69, 9.17) is 23.7 Å². The summed E-state index contributed by atoms with van der Waals surface area (Å²) in [5.74, 6) is 2.36. The molecule has 0 aromatic rings. The molecule has 7 rings (SSSR count). The average Bonchev–Trinajstić information content (AvgIpc) is 3.34. The first-order valence-corrected chi connectivity index (χ1v) is 15.2. The third kappa shape index (κ3) is 3.40. The van der Waals surface area contributed by atoms with Crippen molar-refractivity contribution in [3.8, 4) is 0 Å². The SMILES string of the molecule is COC1C(O)C(C)O[C@@H](OC2CCC3(C)C(CCC4C3CCC3(C)C5CCC43OC3OC(=O)CC35)C2)C1O. The Bertz CT molecular complexity index is 959. The highest BCUT2D eigenvalue weighted by molar-refractivity contribution is 5.72. The summed E-state index contributed by atoms with van der Waals surface area (Å²) in [5, 5.41) is 21.1. The highest BCUT2D eigenvalue weighted by atomic mass is 16.7. The topological polar surface area (TPSA) is 104 Å². The number of carbonyl (C=O) groups excluding carboxylic acids is 1. The van der Waals surface area contributed by atoms with Crippen LogP contribution >= 0.6 is 0 Å². The largest absolute Gasteiger partial charge is 0.435 e. The van der Waals surface area contributed by atoms with Gasteiger partial charge in [0, 0.05) is 18.4 Å². The number of carbonyl (C=O) groups is 1. The van der Waals surface area contributed by atoms with Crippen LogP contribution in [-0.2, 0) is 28.5 Å². The van der Waals surface area contributed by atoms with E-state index in [-0.39, 0.29) is 40.7 Å². The van der Waals surface area contributed by atoms with E-state index in [1.807, 2.05) is 0 Å². The highest BCUT2D eigenvalue weighted by Gasteiger charge is 2.74. The van der Waals surface area contributed by atoms with Crippen LogP contribution in [0, 0.1) is 40.4 Å². The molecule has 0 aromatic heterocycles. The van der Waals surface area contributed by atoms with E-state index in [0.29, 0.717) is 30.1 Å². The van der Waals surface area contributed by atoms with Crippen molar-refractivity contribution in [3.63, 3.8) is 0 Å². The fourth-order valence-electron chi connectivity index (χ4n) is 11.1. The van der Waals surface area contributed by atoms with E-state index in [2.05, 4.69) is 13.8 Å². The van der Waals surface area contributed by atoms with Crippen molar-refractivity contribution in [1.82, 2.24) is 0 Å². The van der Waals surface area contributed by atoms with Gasteiger partial charge < -0.3 is 33.9 Å². The van der Waals surface area contributed by atoms with Gasteiger partial charge in [-0.05, 0) is 93.8 Å². The molecule has 38 heavy (non-hydrogen) atoms. The van der Waals surface area contributed by atoms with Crippen LogP contribution in [0.15, 0.2) is 0 Å². The second-order valence-electron chi connectivity index (χ2n) is 14.3. The maximum absolute atomic E-state index is 12.2. The Morgan fingerprint density at radius 1 is 0.947 bits per heavy atom. The second-order valence-corrected chi connectivity index (χ2v) is 14.3. The summed E-state index contributed by atoms with van der Waals surface area (Å²) >= 11 is 0. The second kappa shape index (κ2) is 8.86. The molecule has 4 aliphatic carbocycles. The Kier molecular flexibility index (Phi) is 6.10. The molecule has 2 bridgehead atoms. The van der Waals surface area contributed by atoms with Gasteiger partial charge in [0.2, 0.25) is 6.29 Å². The molecule has 0 amide bonds. The molecule has 14 unspecified atom stereocenters. The predicted molar refractivity (Wildman–Crippen MR) is 136 cm³/mol. The van der Waals surface area contributed by atoms with E-state index >= 15 is 0 Å². The summed E-state index contributed by atoms with van der Waals surface area (Å²) in [5.41, 5.74) is 0.203. The van der Waals surface area contributed by atoms with Crippen LogP contribution in [0.3, 0.4) is 0 Å². The van der Waals surface area contributed by atoms with Crippen LogP contribution in [0.1, 0.15) is 85.0 Å². The molecule has 0 spiro atoms. The Morgan fingerprint density at radius 2 is 1.74 bits per heavy atom. The monoisotopic (exact) mass is 534 g/mol. The van der Waals surface area contributed by atoms with Crippen LogP contribution in [0.4, 0.5) is 0 Å². The Hall–Kier alpha value is -0.770. The van der Waals surface area contributed by atoms with Gasteiger partial charge in [-0.25, -0.2) is 0 Å². The molecule has 3 heterocycles. The van der Waals surface area contributed by atoms with Crippen LogP contribution in [0.5, 0.6) is 0 Å². The number of methoxy groups -OCH3 is 1. The number of fused-ring (bicyclic) bond motifs is 5. The van der Waals surface area contributed by atoms with E-state index in [1.165, 1.54) is 20.0 Å². The summed E-state index contributed by atoms with van der Waals surface area (Å²) < 4.78 is 30.4. The molecule has 4 saturated carbocycles. The van der Waals surface area contributed by atoms with Crippen molar-refractivity contribution in [2.45, 2.75) is 134 Å². The number of hydrogen-bond donors (Lipinski definition) is 2. The van der Waals surface area contributed by atoms with Crippen molar-refractivity contribution < 1.29 is 38.7 Å². The van der Waals surface area contributed by atoms with Crippen LogP contribution in [0.25, 0.3) is 0 Å². The Labute approximate surface area is 226 Å². The molecule has 214 valence electrons. The van der Waals surface area contributed by atoms with Crippen molar-refractivity contribution in [2.75, 3.05) is 7.11 Å². The Balaban J connectivity index is 1.08. The normalized spacial score (nSPS) is 59.4. The molecule has 7 aliphatic rings. The fraction of sp³-hybridized carbons (Fsp3) is 0.967. The first-order valence-electron chi connectivity index (χ1n) is 15.2. The van der Waals surface area contributed by atoms with Gasteiger partial charge in [0.1, 0.15) is 18.3 Å². The zero-order valence-electron chi connectivity index (χ0n) is 23.3. The lowest BCUT2D eigenvalue weighted by Crippen LogP contribution is -2.67. The summed E-state index contributed by atoms with van der Waals surface area (Å²) in [6.45, 7) is 6.78. The number of ether oxygens (including phenoxy) is 5. The first kappa shape index (κ1) is 26.1. The molecule has 8 nitrogen and oxygen atoms in total. The van der Waals surface area contributed by atoms with Crippen molar-refractivity contribution in [2.24, 2.45) is 40.4 Å². The van der Waals surface area contributed by atoms with Crippen LogP contribution < -0.4 is 0 Å². The maximum Gasteiger partial charge on any atom is 0.308 e. The zero-order chi connectivity index (χ0) is 26.6. The number of aliphatic hydroxyl groups excluding tert-OH is 2. The molecule has 0 aromatic carbocycles. The summed E-state index contributed by atoms with van der Waals surface area (Å²) in [4.78, 5) is 12.2. The summed E-state index contributed by atoms with van der Waals surface area (Å²) in [7, 11) is 1.50. The first-order chi connectivity index (χ1) is 18.1. The third-order valence-electron chi connectivity index (χ3n) is 13.1. The van der Waals surface area contributed by atoms with Crippen molar-refractivity contribution in [1.29, 1.82) is 0 Å². The van der Waals surface area contributed by atoms with Crippen molar-refractivity contribution >= 4 is 5.97 Å². The minimum atomic E-state index is -1.02. The van der Waals surface area contributed by atoms with Crippen LogP contribution in [0.2, 0.25) is 0 Å². The lowest BCUT2D eigenvalue weighted by Gasteiger charge is -2.67. The highest BCUT2D eigenvalue weighted by Crippen LogP contribution is 2.74. The van der Waals surface area contributed by atoms with Gasteiger partial charge in [-0.15, -0.1) is 0 Å². The molecule has 15 atom stereocenters. The third-order valence-corrected chi connectivity index (χ3v) is 13.1. The van der Waals surface area contributed by atoms with Gasteiger partial charge >= 0.3 is 5.97 Å². The molecule has 3 saturated heterocycles. The lowest BCUT2D eigenvalue weighted by molar-refractivity contribution is -0.327. The van der Waals surface area contributed by atoms with Gasteiger partial charge in [-0.2, -0.15) is 0 Å². The van der Waals surface area contributed by atoms with Gasteiger partial charge in [-0.3, -0.25) is 4.79 Å².